The molecule has 0 aromatic carbocycles. The van der Waals surface area contributed by atoms with Gasteiger partial charge in [0.15, 0.2) is 11.5 Å². The summed E-state index contributed by atoms with van der Waals surface area (Å²) in [6.45, 7) is 8.11. The first-order valence-corrected chi connectivity index (χ1v) is 11.6. The van der Waals surface area contributed by atoms with Gasteiger partial charge >= 0.3 is 5.97 Å². The summed E-state index contributed by atoms with van der Waals surface area (Å²) < 4.78 is 12.4. The number of ether oxygens (including phenoxy) is 1. The van der Waals surface area contributed by atoms with Gasteiger partial charge in [-0.15, -0.1) is 0 Å². The molecule has 2 aromatic rings. The predicted octanol–water partition coefficient (Wildman–Crippen LogP) is 2.97. The number of carbonyl (C=O) groups is 3. The van der Waals surface area contributed by atoms with E-state index in [1.165, 1.54) is 0 Å². The number of aromatic nitrogens is 2. The van der Waals surface area contributed by atoms with Crippen LogP contribution >= 0.6 is 0 Å². The molecule has 180 valence electrons. The Hall–Kier alpha value is -3.10. The molecule has 1 aliphatic rings. The molecule has 2 amide bonds. The Labute approximate surface area is 194 Å². The number of aryl methyl sites for hydroxylation is 1. The fourth-order valence-electron chi connectivity index (χ4n) is 4.11. The molecule has 2 aromatic heterocycles. The van der Waals surface area contributed by atoms with E-state index in [1.807, 2.05) is 43.8 Å². The Kier molecular flexibility index (Phi) is 8.30. The summed E-state index contributed by atoms with van der Waals surface area (Å²) in [5, 5.41) is 3.98. The van der Waals surface area contributed by atoms with Gasteiger partial charge in [0.25, 0.3) is 5.91 Å². The van der Waals surface area contributed by atoms with Crippen LogP contribution < -0.4 is 0 Å². The standard InChI is InChI=1S/C24H34N4O5/c1-5-32-24(31)18-8-12-27(13-9-18)22(29)10-14-28(16-17(2)3)23(30)19-15-21(33-25-19)20-7-6-11-26(20)4/h6-7,11,15,17-18H,5,8-10,12-14,16H2,1-4H3. The second-order valence-corrected chi connectivity index (χ2v) is 8.88. The molecule has 33 heavy (non-hydrogen) atoms. The van der Waals surface area contributed by atoms with Crippen LogP contribution in [0.2, 0.25) is 0 Å². The maximum atomic E-state index is 13.1. The zero-order valence-corrected chi connectivity index (χ0v) is 20.0. The molecule has 9 heteroatoms. The molecule has 3 heterocycles. The number of likely N-dealkylation sites (tertiary alicyclic amines) is 1. The summed E-state index contributed by atoms with van der Waals surface area (Å²) in [6.07, 6.45) is 3.34. The number of hydrogen-bond donors (Lipinski definition) is 0. The van der Waals surface area contributed by atoms with Gasteiger partial charge in [-0.1, -0.05) is 19.0 Å². The molecule has 0 unspecified atom stereocenters. The van der Waals surface area contributed by atoms with Crippen molar-refractivity contribution in [3.8, 4) is 11.5 Å². The van der Waals surface area contributed by atoms with Gasteiger partial charge in [-0.05, 0) is 37.8 Å². The average molecular weight is 459 g/mol. The molecule has 0 N–H and O–H groups in total. The van der Waals surface area contributed by atoms with E-state index >= 15 is 0 Å². The Morgan fingerprint density at radius 3 is 2.61 bits per heavy atom. The Balaban J connectivity index is 1.58. The highest BCUT2D eigenvalue weighted by Crippen LogP contribution is 2.22. The van der Waals surface area contributed by atoms with Gasteiger partial charge in [0.1, 0.15) is 0 Å². The number of esters is 1. The molecule has 0 radical (unpaired) electrons. The first-order chi connectivity index (χ1) is 15.8. The van der Waals surface area contributed by atoms with Crippen LogP contribution in [0.3, 0.4) is 0 Å². The number of rotatable bonds is 9. The summed E-state index contributed by atoms with van der Waals surface area (Å²) >= 11 is 0. The minimum atomic E-state index is -0.248. The maximum absolute atomic E-state index is 13.1. The Morgan fingerprint density at radius 2 is 2.00 bits per heavy atom. The van der Waals surface area contributed by atoms with E-state index in [-0.39, 0.29) is 41.7 Å². The van der Waals surface area contributed by atoms with Gasteiger partial charge in [0.2, 0.25) is 5.91 Å². The molecule has 1 fully saturated rings. The molecule has 0 bridgehead atoms. The molecule has 0 saturated carbocycles. The lowest BCUT2D eigenvalue weighted by molar-refractivity contribution is -0.151. The zero-order valence-electron chi connectivity index (χ0n) is 20.0. The van der Waals surface area contributed by atoms with Crippen molar-refractivity contribution >= 4 is 17.8 Å². The molecule has 0 atom stereocenters. The van der Waals surface area contributed by atoms with Crippen molar-refractivity contribution < 1.29 is 23.6 Å². The number of amides is 2. The van der Waals surface area contributed by atoms with Crippen molar-refractivity contribution in [2.45, 2.75) is 40.0 Å². The van der Waals surface area contributed by atoms with Crippen molar-refractivity contribution in [3.05, 3.63) is 30.1 Å². The number of carbonyl (C=O) groups excluding carboxylic acids is 3. The van der Waals surface area contributed by atoms with Gasteiger partial charge in [0, 0.05) is 51.9 Å². The van der Waals surface area contributed by atoms with E-state index < -0.39 is 0 Å². The smallest absolute Gasteiger partial charge is 0.309 e. The fraction of sp³-hybridized carbons (Fsp3) is 0.583. The van der Waals surface area contributed by atoms with Crippen molar-refractivity contribution in [3.63, 3.8) is 0 Å². The summed E-state index contributed by atoms with van der Waals surface area (Å²) in [6, 6.07) is 5.43. The topological polar surface area (TPSA) is 97.9 Å². The minimum Gasteiger partial charge on any atom is -0.466 e. The molecular weight excluding hydrogens is 424 g/mol. The average Bonchev–Trinajstić information content (AvgIpc) is 3.44. The summed E-state index contributed by atoms with van der Waals surface area (Å²) in [5.74, 6) is 0.184. The predicted molar refractivity (Wildman–Crippen MR) is 122 cm³/mol. The fourth-order valence-corrected chi connectivity index (χ4v) is 4.11. The quantitative estimate of drug-likeness (QED) is 0.536. The Morgan fingerprint density at radius 1 is 1.27 bits per heavy atom. The van der Waals surface area contributed by atoms with E-state index in [4.69, 9.17) is 9.26 Å². The molecule has 3 rings (SSSR count). The van der Waals surface area contributed by atoms with Crippen LogP contribution in [0.15, 0.2) is 28.9 Å². The molecule has 1 aliphatic heterocycles. The number of nitrogens with zero attached hydrogens (tertiary/aromatic N) is 4. The third-order valence-electron chi connectivity index (χ3n) is 5.86. The zero-order chi connectivity index (χ0) is 24.0. The molecule has 1 saturated heterocycles. The van der Waals surface area contributed by atoms with Gasteiger partial charge < -0.3 is 23.6 Å². The molecule has 0 spiro atoms. The third kappa shape index (κ3) is 6.24. The van der Waals surface area contributed by atoms with Crippen LogP contribution in [0.4, 0.5) is 0 Å². The van der Waals surface area contributed by atoms with Gasteiger partial charge in [-0.25, -0.2) is 0 Å². The van der Waals surface area contributed by atoms with Crippen molar-refractivity contribution in [1.29, 1.82) is 0 Å². The SMILES string of the molecule is CCOC(=O)C1CCN(C(=O)CCN(CC(C)C)C(=O)c2cc(-c3cccn3C)on2)CC1. The highest BCUT2D eigenvalue weighted by atomic mass is 16.5. The van der Waals surface area contributed by atoms with Crippen molar-refractivity contribution in [2.75, 3.05) is 32.8 Å². The second kappa shape index (κ2) is 11.2. The molecule has 9 nitrogen and oxygen atoms in total. The van der Waals surface area contributed by atoms with Crippen LogP contribution in [-0.2, 0) is 21.4 Å². The van der Waals surface area contributed by atoms with Crippen molar-refractivity contribution in [1.82, 2.24) is 19.5 Å². The highest BCUT2D eigenvalue weighted by Gasteiger charge is 2.29. The van der Waals surface area contributed by atoms with Crippen LogP contribution in [0.1, 0.15) is 50.5 Å². The lowest BCUT2D eigenvalue weighted by Crippen LogP contribution is -2.43. The first-order valence-electron chi connectivity index (χ1n) is 11.6. The minimum absolute atomic E-state index is 0.0106. The van der Waals surface area contributed by atoms with Gasteiger partial charge in [0.05, 0.1) is 18.2 Å². The van der Waals surface area contributed by atoms with Gasteiger partial charge in [-0.3, -0.25) is 14.4 Å². The lowest BCUT2D eigenvalue weighted by atomic mass is 9.97. The normalized spacial score (nSPS) is 14.5. The first kappa shape index (κ1) is 24.5. The van der Waals surface area contributed by atoms with E-state index in [1.54, 1.807) is 22.8 Å². The summed E-state index contributed by atoms with van der Waals surface area (Å²) in [4.78, 5) is 41.3. The molecular formula is C24H34N4O5. The van der Waals surface area contributed by atoms with E-state index in [2.05, 4.69) is 5.16 Å². The van der Waals surface area contributed by atoms with E-state index in [0.717, 1.165) is 5.69 Å². The van der Waals surface area contributed by atoms with Gasteiger partial charge in [-0.2, -0.15) is 0 Å². The maximum Gasteiger partial charge on any atom is 0.309 e. The lowest BCUT2D eigenvalue weighted by Gasteiger charge is -2.32. The third-order valence-corrected chi connectivity index (χ3v) is 5.86. The number of piperidine rings is 1. The summed E-state index contributed by atoms with van der Waals surface area (Å²) in [5.41, 5.74) is 1.06. The number of hydrogen-bond acceptors (Lipinski definition) is 6. The summed E-state index contributed by atoms with van der Waals surface area (Å²) in [7, 11) is 1.89. The van der Waals surface area contributed by atoms with E-state index in [9.17, 15) is 14.4 Å². The monoisotopic (exact) mass is 458 g/mol. The van der Waals surface area contributed by atoms with Crippen LogP contribution in [-0.4, -0.2) is 70.1 Å². The second-order valence-electron chi connectivity index (χ2n) is 8.88. The van der Waals surface area contributed by atoms with Crippen LogP contribution in [0, 0.1) is 11.8 Å². The highest BCUT2D eigenvalue weighted by molar-refractivity contribution is 5.93. The van der Waals surface area contributed by atoms with Crippen molar-refractivity contribution in [2.24, 2.45) is 18.9 Å². The van der Waals surface area contributed by atoms with Crippen LogP contribution in [0.5, 0.6) is 0 Å². The Bertz CT molecular complexity index is 956. The van der Waals surface area contributed by atoms with Crippen LogP contribution in [0.25, 0.3) is 11.5 Å². The largest absolute Gasteiger partial charge is 0.466 e. The van der Waals surface area contributed by atoms with E-state index in [0.29, 0.717) is 51.4 Å². The molecule has 0 aliphatic carbocycles.